The van der Waals surface area contributed by atoms with Crippen molar-refractivity contribution in [2.45, 2.75) is 57.3 Å². The molecule has 4 heteroatoms. The van der Waals surface area contributed by atoms with Crippen molar-refractivity contribution in [2.75, 3.05) is 0 Å². The quantitative estimate of drug-likeness (QED) is 0.692. The van der Waals surface area contributed by atoms with Crippen LogP contribution in [0.15, 0.2) is 5.16 Å². The lowest BCUT2D eigenvalue weighted by Crippen LogP contribution is -2.28. The maximum atomic E-state index is 5.86. The summed E-state index contributed by atoms with van der Waals surface area (Å²) in [5.74, 6) is 0.731. The minimum atomic E-state index is -0.135. The summed E-state index contributed by atoms with van der Waals surface area (Å²) in [6, 6.07) is 0.267. The molecule has 0 aromatic heterocycles. The van der Waals surface area contributed by atoms with Gasteiger partial charge < -0.3 is 15.3 Å². The van der Waals surface area contributed by atoms with E-state index >= 15 is 0 Å². The predicted octanol–water partition coefficient (Wildman–Crippen LogP) is 1.40. The SMILES string of the molecule is CC(C)OC1=NOC2(CCC(N)C2)C1. The number of nitrogens with two attached hydrogens (primary N) is 1. The van der Waals surface area contributed by atoms with E-state index in [-0.39, 0.29) is 17.7 Å². The van der Waals surface area contributed by atoms with Crippen LogP contribution >= 0.6 is 0 Å². The average molecular weight is 198 g/mol. The molecule has 1 spiro atoms. The second-order valence-corrected chi connectivity index (χ2v) is 4.61. The second-order valence-electron chi connectivity index (χ2n) is 4.61. The molecule has 0 radical (unpaired) electrons. The van der Waals surface area contributed by atoms with Gasteiger partial charge in [0.25, 0.3) is 0 Å². The lowest BCUT2D eigenvalue weighted by molar-refractivity contribution is -0.0136. The van der Waals surface area contributed by atoms with Crippen LogP contribution in [0.5, 0.6) is 0 Å². The molecule has 14 heavy (non-hydrogen) atoms. The van der Waals surface area contributed by atoms with Crippen molar-refractivity contribution < 1.29 is 9.57 Å². The molecular weight excluding hydrogens is 180 g/mol. The van der Waals surface area contributed by atoms with Crippen molar-refractivity contribution >= 4 is 5.90 Å². The highest BCUT2D eigenvalue weighted by molar-refractivity contribution is 5.78. The Hall–Kier alpha value is -0.770. The number of hydrogen-bond donors (Lipinski definition) is 1. The van der Waals surface area contributed by atoms with E-state index < -0.39 is 0 Å². The molecule has 0 aromatic rings. The third kappa shape index (κ3) is 1.85. The molecule has 2 N–H and O–H groups in total. The van der Waals surface area contributed by atoms with Crippen LogP contribution in [0.1, 0.15) is 39.5 Å². The van der Waals surface area contributed by atoms with Crippen LogP contribution in [-0.2, 0) is 9.57 Å². The first-order chi connectivity index (χ1) is 6.60. The Morgan fingerprint density at radius 3 is 3.00 bits per heavy atom. The van der Waals surface area contributed by atoms with Crippen LogP contribution < -0.4 is 5.73 Å². The summed E-state index contributed by atoms with van der Waals surface area (Å²) < 4.78 is 5.52. The highest BCUT2D eigenvalue weighted by atomic mass is 16.7. The Bertz CT molecular complexity index is 253. The van der Waals surface area contributed by atoms with Gasteiger partial charge in [0.15, 0.2) is 0 Å². The molecule has 2 atom stereocenters. The number of rotatable bonds is 1. The summed E-state index contributed by atoms with van der Waals surface area (Å²) in [7, 11) is 0. The molecule has 1 saturated carbocycles. The fraction of sp³-hybridized carbons (Fsp3) is 0.900. The van der Waals surface area contributed by atoms with Crippen LogP contribution in [0.3, 0.4) is 0 Å². The summed E-state index contributed by atoms with van der Waals surface area (Å²) in [4.78, 5) is 5.47. The number of nitrogens with zero attached hydrogens (tertiary/aromatic N) is 1. The van der Waals surface area contributed by atoms with Gasteiger partial charge in [-0.1, -0.05) is 5.16 Å². The van der Waals surface area contributed by atoms with Crippen molar-refractivity contribution in [3.63, 3.8) is 0 Å². The van der Waals surface area contributed by atoms with Gasteiger partial charge in [-0.05, 0) is 26.7 Å². The number of oxime groups is 1. The first-order valence-electron chi connectivity index (χ1n) is 5.27. The van der Waals surface area contributed by atoms with Crippen LogP contribution in [0.25, 0.3) is 0 Å². The molecule has 2 aliphatic rings. The second kappa shape index (κ2) is 3.42. The van der Waals surface area contributed by atoms with Gasteiger partial charge in [0.2, 0.25) is 5.90 Å². The molecule has 0 aromatic carbocycles. The fourth-order valence-corrected chi connectivity index (χ4v) is 2.20. The first kappa shape index (κ1) is 9.77. The lowest BCUT2D eigenvalue weighted by atomic mass is 9.98. The maximum Gasteiger partial charge on any atom is 0.230 e. The average Bonchev–Trinajstić information content (AvgIpc) is 2.60. The van der Waals surface area contributed by atoms with Crippen molar-refractivity contribution in [2.24, 2.45) is 10.9 Å². The summed E-state index contributed by atoms with van der Waals surface area (Å²) >= 11 is 0. The standard InChI is InChI=1S/C10H18N2O2/c1-7(2)13-9-6-10(14-12-9)4-3-8(11)5-10/h7-8H,3-6,11H2,1-2H3. The Labute approximate surface area is 84.4 Å². The molecule has 0 saturated heterocycles. The topological polar surface area (TPSA) is 56.8 Å². The first-order valence-corrected chi connectivity index (χ1v) is 5.27. The Morgan fingerprint density at radius 2 is 2.43 bits per heavy atom. The molecule has 0 amide bonds. The third-order valence-electron chi connectivity index (χ3n) is 2.79. The maximum absolute atomic E-state index is 5.86. The van der Waals surface area contributed by atoms with Gasteiger partial charge in [0.05, 0.1) is 12.5 Å². The van der Waals surface area contributed by atoms with E-state index in [9.17, 15) is 0 Å². The van der Waals surface area contributed by atoms with E-state index in [1.807, 2.05) is 13.8 Å². The minimum Gasteiger partial charge on any atom is -0.476 e. The molecule has 2 unspecified atom stereocenters. The minimum absolute atomic E-state index is 0.135. The van der Waals surface area contributed by atoms with E-state index in [0.717, 1.165) is 31.6 Å². The van der Waals surface area contributed by atoms with Crippen molar-refractivity contribution in [1.29, 1.82) is 0 Å². The zero-order chi connectivity index (χ0) is 10.2. The van der Waals surface area contributed by atoms with Crippen LogP contribution in [0.2, 0.25) is 0 Å². The fourth-order valence-electron chi connectivity index (χ4n) is 2.20. The van der Waals surface area contributed by atoms with E-state index in [1.165, 1.54) is 0 Å². The monoisotopic (exact) mass is 198 g/mol. The molecule has 1 aliphatic carbocycles. The van der Waals surface area contributed by atoms with Gasteiger partial charge in [0.1, 0.15) is 5.60 Å². The number of hydrogen-bond acceptors (Lipinski definition) is 4. The van der Waals surface area contributed by atoms with Crippen molar-refractivity contribution in [1.82, 2.24) is 0 Å². The normalized spacial score (nSPS) is 36.3. The molecule has 4 nitrogen and oxygen atoms in total. The van der Waals surface area contributed by atoms with Gasteiger partial charge in [0, 0.05) is 12.5 Å². The Morgan fingerprint density at radius 1 is 1.64 bits per heavy atom. The van der Waals surface area contributed by atoms with Crippen LogP contribution in [0, 0.1) is 0 Å². The van der Waals surface area contributed by atoms with E-state index in [2.05, 4.69) is 5.16 Å². The molecule has 2 rings (SSSR count). The van der Waals surface area contributed by atoms with Crippen molar-refractivity contribution in [3.8, 4) is 0 Å². The van der Waals surface area contributed by atoms with Gasteiger partial charge in [-0.15, -0.1) is 0 Å². The molecule has 80 valence electrons. The smallest absolute Gasteiger partial charge is 0.230 e. The summed E-state index contributed by atoms with van der Waals surface area (Å²) in [6.07, 6.45) is 3.90. The lowest BCUT2D eigenvalue weighted by Gasteiger charge is -2.19. The van der Waals surface area contributed by atoms with Gasteiger partial charge >= 0.3 is 0 Å². The molecule has 1 aliphatic heterocycles. The predicted molar refractivity (Wildman–Crippen MR) is 53.9 cm³/mol. The van der Waals surface area contributed by atoms with E-state index in [4.69, 9.17) is 15.3 Å². The zero-order valence-electron chi connectivity index (χ0n) is 8.82. The van der Waals surface area contributed by atoms with Crippen LogP contribution in [-0.4, -0.2) is 23.6 Å². The van der Waals surface area contributed by atoms with Gasteiger partial charge in [-0.2, -0.15) is 0 Å². The number of ether oxygens (including phenoxy) is 1. The summed E-state index contributed by atoms with van der Waals surface area (Å²) in [5, 5.41) is 3.98. The highest BCUT2D eigenvalue weighted by Gasteiger charge is 2.45. The Kier molecular flexibility index (Phi) is 2.39. The molecular formula is C10H18N2O2. The van der Waals surface area contributed by atoms with Gasteiger partial charge in [-0.3, -0.25) is 0 Å². The van der Waals surface area contributed by atoms with E-state index in [0.29, 0.717) is 0 Å². The largest absolute Gasteiger partial charge is 0.476 e. The summed E-state index contributed by atoms with van der Waals surface area (Å²) in [6.45, 7) is 3.99. The van der Waals surface area contributed by atoms with Crippen LogP contribution in [0.4, 0.5) is 0 Å². The molecule has 1 fully saturated rings. The zero-order valence-corrected chi connectivity index (χ0v) is 8.82. The van der Waals surface area contributed by atoms with Crippen molar-refractivity contribution in [3.05, 3.63) is 0 Å². The third-order valence-corrected chi connectivity index (χ3v) is 2.79. The molecule has 0 bridgehead atoms. The van der Waals surface area contributed by atoms with E-state index in [1.54, 1.807) is 0 Å². The molecule has 1 heterocycles. The summed E-state index contributed by atoms with van der Waals surface area (Å²) in [5.41, 5.74) is 5.73. The van der Waals surface area contributed by atoms with Gasteiger partial charge in [-0.25, -0.2) is 0 Å². The highest BCUT2D eigenvalue weighted by Crippen LogP contribution is 2.39. The Balaban J connectivity index is 1.91.